The number of para-hydroxylation sites is 1. The van der Waals surface area contributed by atoms with Crippen molar-refractivity contribution in [2.45, 2.75) is 18.9 Å². The number of nitro groups is 2. The van der Waals surface area contributed by atoms with E-state index in [1.807, 2.05) is 0 Å². The molecule has 20 heavy (non-hydrogen) atoms. The molecule has 0 saturated carbocycles. The molecule has 0 radical (unpaired) electrons. The van der Waals surface area contributed by atoms with Crippen LogP contribution in [0.4, 0.5) is 0 Å². The van der Waals surface area contributed by atoms with Gasteiger partial charge in [-0.25, -0.2) is 0 Å². The third-order valence-corrected chi connectivity index (χ3v) is 3.23. The lowest BCUT2D eigenvalue weighted by Crippen LogP contribution is -2.35. The molecule has 2 rings (SSSR count). The lowest BCUT2D eigenvalue weighted by atomic mass is 9.87. The number of nitrogens with one attached hydrogen (secondary N) is 1. The van der Waals surface area contributed by atoms with Crippen LogP contribution in [0, 0.1) is 20.2 Å². The van der Waals surface area contributed by atoms with E-state index in [1.165, 1.54) is 14.0 Å². The summed E-state index contributed by atoms with van der Waals surface area (Å²) >= 11 is 0. The second-order valence-electron chi connectivity index (χ2n) is 4.36. The molecule has 1 aliphatic rings. The average molecular weight is 279 g/mol. The minimum atomic E-state index is -1.14. The number of fused-ring (bicyclic) bond motifs is 1. The van der Waals surface area contributed by atoms with Crippen LogP contribution in [0.5, 0.6) is 5.75 Å². The van der Waals surface area contributed by atoms with Crippen LogP contribution in [0.3, 0.4) is 0 Å². The first-order valence-corrected chi connectivity index (χ1v) is 5.94. The summed E-state index contributed by atoms with van der Waals surface area (Å²) < 4.78 is 5.42. The Labute approximate surface area is 114 Å². The lowest BCUT2D eigenvalue weighted by molar-refractivity contribution is -0.530. The number of hydrogen-bond donors (Lipinski definition) is 1. The highest BCUT2D eigenvalue weighted by molar-refractivity contribution is 5.44. The van der Waals surface area contributed by atoms with E-state index in [0.717, 1.165) is 0 Å². The minimum absolute atomic E-state index is 0.0626. The van der Waals surface area contributed by atoms with Gasteiger partial charge in [-0.3, -0.25) is 20.2 Å². The molecule has 1 heterocycles. The number of nitrogens with zero attached hydrogens (tertiary/aromatic N) is 2. The molecule has 0 saturated heterocycles. The molecule has 2 unspecified atom stereocenters. The van der Waals surface area contributed by atoms with Crippen LogP contribution in [0.15, 0.2) is 35.8 Å². The summed E-state index contributed by atoms with van der Waals surface area (Å²) in [5, 5.41) is 24.9. The lowest BCUT2D eigenvalue weighted by Gasteiger charge is -2.25. The van der Waals surface area contributed by atoms with Gasteiger partial charge in [0.05, 0.1) is 4.92 Å². The highest BCUT2D eigenvalue weighted by Gasteiger charge is 2.46. The van der Waals surface area contributed by atoms with E-state index >= 15 is 0 Å². The summed E-state index contributed by atoms with van der Waals surface area (Å²) in [4.78, 5) is 21.2. The minimum Gasteiger partial charge on any atom is -0.435 e. The van der Waals surface area contributed by atoms with Crippen molar-refractivity contribution in [1.82, 2.24) is 5.32 Å². The van der Waals surface area contributed by atoms with E-state index in [-0.39, 0.29) is 11.6 Å². The monoisotopic (exact) mass is 279 g/mol. The van der Waals surface area contributed by atoms with E-state index in [0.29, 0.717) is 11.3 Å². The molecule has 1 N–H and O–H groups in total. The fourth-order valence-corrected chi connectivity index (χ4v) is 2.27. The van der Waals surface area contributed by atoms with E-state index < -0.39 is 21.8 Å². The topological polar surface area (TPSA) is 108 Å². The summed E-state index contributed by atoms with van der Waals surface area (Å²) in [7, 11) is 1.47. The molecular formula is C12H13N3O5. The third-order valence-electron chi connectivity index (χ3n) is 3.23. The van der Waals surface area contributed by atoms with E-state index in [2.05, 4.69) is 5.32 Å². The molecule has 0 fully saturated rings. The van der Waals surface area contributed by atoms with Crippen LogP contribution < -0.4 is 10.1 Å². The molecule has 1 aliphatic heterocycles. The van der Waals surface area contributed by atoms with Gasteiger partial charge in [0.1, 0.15) is 5.75 Å². The first-order valence-electron chi connectivity index (χ1n) is 5.94. The van der Waals surface area contributed by atoms with Gasteiger partial charge in [0.25, 0.3) is 5.88 Å². The van der Waals surface area contributed by atoms with E-state index in [4.69, 9.17) is 4.74 Å². The van der Waals surface area contributed by atoms with Crippen LogP contribution >= 0.6 is 0 Å². The van der Waals surface area contributed by atoms with Crippen molar-refractivity contribution < 1.29 is 14.6 Å². The van der Waals surface area contributed by atoms with Crippen molar-refractivity contribution in [1.29, 1.82) is 0 Å². The van der Waals surface area contributed by atoms with Gasteiger partial charge >= 0.3 is 5.70 Å². The molecule has 0 amide bonds. The van der Waals surface area contributed by atoms with Gasteiger partial charge < -0.3 is 10.1 Å². The first-order chi connectivity index (χ1) is 9.47. The maximum atomic E-state index is 11.3. The quantitative estimate of drug-likeness (QED) is 0.660. The van der Waals surface area contributed by atoms with Crippen molar-refractivity contribution in [3.63, 3.8) is 0 Å². The predicted molar refractivity (Wildman–Crippen MR) is 69.3 cm³/mol. The molecule has 1 aromatic carbocycles. The van der Waals surface area contributed by atoms with Crippen LogP contribution in [-0.2, 0) is 0 Å². The van der Waals surface area contributed by atoms with E-state index in [1.54, 1.807) is 24.3 Å². The van der Waals surface area contributed by atoms with Crippen molar-refractivity contribution in [3.05, 3.63) is 61.6 Å². The number of ether oxygens (including phenoxy) is 1. The third kappa shape index (κ3) is 2.15. The summed E-state index contributed by atoms with van der Waals surface area (Å²) in [6.07, 6.45) is 0. The largest absolute Gasteiger partial charge is 0.435 e. The first kappa shape index (κ1) is 13.8. The van der Waals surface area contributed by atoms with Crippen molar-refractivity contribution in [2.24, 2.45) is 0 Å². The van der Waals surface area contributed by atoms with Crippen molar-refractivity contribution in [3.8, 4) is 5.75 Å². The second-order valence-corrected chi connectivity index (χ2v) is 4.36. The second kappa shape index (κ2) is 5.16. The molecule has 106 valence electrons. The molecule has 2 atom stereocenters. The molecule has 0 bridgehead atoms. The molecular weight excluding hydrogens is 266 g/mol. The zero-order chi connectivity index (χ0) is 14.9. The van der Waals surface area contributed by atoms with Crippen molar-refractivity contribution >= 4 is 0 Å². The summed E-state index contributed by atoms with van der Waals surface area (Å²) in [5.41, 5.74) is 0.123. The zero-order valence-corrected chi connectivity index (χ0v) is 10.9. The maximum Gasteiger partial charge on any atom is 0.320 e. The van der Waals surface area contributed by atoms with Crippen LogP contribution in [0.1, 0.15) is 18.4 Å². The predicted octanol–water partition coefficient (Wildman–Crippen LogP) is 1.49. The average Bonchev–Trinajstić information content (AvgIpc) is 2.43. The Morgan fingerprint density at radius 3 is 2.50 bits per heavy atom. The SMILES string of the molecule is CNC1=C([N+](=O)[O-])C(C(C)[N+](=O)[O-])c2ccccc2O1. The number of rotatable bonds is 4. The van der Waals surface area contributed by atoms with Gasteiger partial charge in [-0.05, 0) is 6.07 Å². The fraction of sp³-hybridized carbons (Fsp3) is 0.333. The molecule has 1 aromatic rings. The summed E-state index contributed by atoms with van der Waals surface area (Å²) in [6, 6.07) is 5.48. The van der Waals surface area contributed by atoms with Gasteiger partial charge in [-0.2, -0.15) is 0 Å². The highest BCUT2D eigenvalue weighted by atomic mass is 16.6. The maximum absolute atomic E-state index is 11.3. The van der Waals surface area contributed by atoms with Crippen LogP contribution in [-0.4, -0.2) is 22.9 Å². The Morgan fingerprint density at radius 1 is 1.30 bits per heavy atom. The van der Waals surface area contributed by atoms with Gasteiger partial charge in [0.15, 0.2) is 5.92 Å². The Hall–Kier alpha value is -2.64. The van der Waals surface area contributed by atoms with Crippen LogP contribution in [0.25, 0.3) is 0 Å². The number of benzene rings is 1. The van der Waals surface area contributed by atoms with Gasteiger partial charge in [0.2, 0.25) is 6.04 Å². The molecule has 8 heteroatoms. The zero-order valence-electron chi connectivity index (χ0n) is 10.9. The Balaban J connectivity index is 2.64. The Kier molecular flexibility index (Phi) is 3.55. The van der Waals surface area contributed by atoms with Crippen molar-refractivity contribution in [2.75, 3.05) is 7.05 Å². The highest BCUT2D eigenvalue weighted by Crippen LogP contribution is 2.41. The molecule has 0 spiro atoms. The Morgan fingerprint density at radius 2 is 1.95 bits per heavy atom. The van der Waals surface area contributed by atoms with Gasteiger partial charge in [0, 0.05) is 24.5 Å². The fourth-order valence-electron chi connectivity index (χ4n) is 2.27. The summed E-state index contributed by atoms with van der Waals surface area (Å²) in [6.45, 7) is 1.35. The normalized spacial score (nSPS) is 18.8. The smallest absolute Gasteiger partial charge is 0.320 e. The molecule has 0 aliphatic carbocycles. The Bertz CT molecular complexity index is 599. The molecule has 8 nitrogen and oxygen atoms in total. The summed E-state index contributed by atoms with van der Waals surface area (Å²) in [5.74, 6) is -0.638. The van der Waals surface area contributed by atoms with Gasteiger partial charge in [-0.1, -0.05) is 18.2 Å². The van der Waals surface area contributed by atoms with Crippen LogP contribution in [0.2, 0.25) is 0 Å². The van der Waals surface area contributed by atoms with Gasteiger partial charge in [-0.15, -0.1) is 0 Å². The number of hydrogen-bond acceptors (Lipinski definition) is 6. The molecule has 0 aromatic heterocycles. The van der Waals surface area contributed by atoms with E-state index in [9.17, 15) is 20.2 Å². The standard InChI is InChI=1S/C12H13N3O5/c1-7(14(16)17)10-8-5-3-4-6-9(8)20-12(13-2)11(10)15(18)19/h3-7,10,13H,1-2H3.